The third-order valence-electron chi connectivity index (χ3n) is 3.61. The van der Waals surface area contributed by atoms with Crippen LogP contribution in [-0.4, -0.2) is 21.7 Å². The highest BCUT2D eigenvalue weighted by Gasteiger charge is 2.33. The number of carbonyl (C=O) groups excluding carboxylic acids is 1. The van der Waals surface area contributed by atoms with Crippen molar-refractivity contribution in [1.82, 2.24) is 15.1 Å². The third kappa shape index (κ3) is 6.03. The molecule has 0 aliphatic carbocycles. The Morgan fingerprint density at radius 3 is 2.35 bits per heavy atom. The number of aromatic nitrogens is 2. The number of alkyl halides is 3. The van der Waals surface area contributed by atoms with Gasteiger partial charge in [0.15, 0.2) is 5.69 Å². The van der Waals surface area contributed by atoms with Crippen LogP contribution < -0.4 is 11.1 Å². The summed E-state index contributed by atoms with van der Waals surface area (Å²) in [6.45, 7) is 4.29. The summed E-state index contributed by atoms with van der Waals surface area (Å²) in [6, 6.07) is 7.09. The highest BCUT2D eigenvalue weighted by atomic mass is 35.5. The second-order valence-corrected chi connectivity index (χ2v) is 6.26. The average molecular weight is 391 g/mol. The molecule has 1 amide bonds. The first-order valence-electron chi connectivity index (χ1n) is 7.92. The van der Waals surface area contributed by atoms with Crippen LogP contribution in [0.5, 0.6) is 0 Å². The van der Waals surface area contributed by atoms with Crippen molar-refractivity contribution in [1.29, 1.82) is 0 Å². The van der Waals surface area contributed by atoms with Crippen LogP contribution in [0.3, 0.4) is 0 Å². The molecule has 0 bridgehead atoms. The Kier molecular flexibility index (Phi) is 7.65. The van der Waals surface area contributed by atoms with Crippen molar-refractivity contribution in [2.45, 2.75) is 39.0 Å². The summed E-state index contributed by atoms with van der Waals surface area (Å²) in [7, 11) is 0. The molecule has 0 aliphatic heterocycles. The van der Waals surface area contributed by atoms with Crippen LogP contribution in [0.15, 0.2) is 36.5 Å². The van der Waals surface area contributed by atoms with Gasteiger partial charge in [-0.25, -0.2) is 4.68 Å². The molecular weight excluding hydrogens is 369 g/mol. The number of nitrogens with two attached hydrogens (primary N) is 1. The van der Waals surface area contributed by atoms with E-state index in [-0.39, 0.29) is 18.3 Å². The van der Waals surface area contributed by atoms with Crippen LogP contribution in [-0.2, 0) is 17.5 Å². The zero-order valence-corrected chi connectivity index (χ0v) is 15.3. The highest BCUT2D eigenvalue weighted by molar-refractivity contribution is 5.85. The maximum absolute atomic E-state index is 12.6. The van der Waals surface area contributed by atoms with Crippen LogP contribution in [0.1, 0.15) is 31.5 Å². The van der Waals surface area contributed by atoms with Crippen molar-refractivity contribution in [3.63, 3.8) is 0 Å². The normalized spacial score (nSPS) is 12.6. The van der Waals surface area contributed by atoms with Gasteiger partial charge in [-0.15, -0.1) is 12.4 Å². The summed E-state index contributed by atoms with van der Waals surface area (Å²) in [5.41, 5.74) is 6.18. The van der Waals surface area contributed by atoms with Gasteiger partial charge in [-0.2, -0.15) is 18.3 Å². The molecule has 144 valence electrons. The predicted octanol–water partition coefficient (Wildman–Crippen LogP) is 3.30. The molecule has 0 radical (unpaired) electrons. The molecule has 1 atom stereocenters. The SMILES string of the molecule is CC(C)C[C@H](N)C(=O)NCc1ccc(-n2ccc(C(F)(F)F)n2)cc1.Cl. The van der Waals surface area contributed by atoms with E-state index in [1.807, 2.05) is 13.8 Å². The molecule has 1 aromatic heterocycles. The number of halogens is 4. The van der Waals surface area contributed by atoms with Crippen LogP contribution in [0.25, 0.3) is 5.69 Å². The number of nitrogens with one attached hydrogen (secondary N) is 1. The van der Waals surface area contributed by atoms with Gasteiger partial charge in [0.1, 0.15) is 0 Å². The van der Waals surface area contributed by atoms with Gasteiger partial charge >= 0.3 is 6.18 Å². The molecule has 0 spiro atoms. The van der Waals surface area contributed by atoms with Gasteiger partial charge in [-0.3, -0.25) is 4.79 Å². The lowest BCUT2D eigenvalue weighted by atomic mass is 10.0. The van der Waals surface area contributed by atoms with Crippen molar-refractivity contribution in [2.75, 3.05) is 0 Å². The highest BCUT2D eigenvalue weighted by Crippen LogP contribution is 2.27. The fourth-order valence-electron chi connectivity index (χ4n) is 2.32. The smallest absolute Gasteiger partial charge is 0.351 e. The number of rotatable bonds is 6. The zero-order chi connectivity index (χ0) is 18.6. The van der Waals surface area contributed by atoms with Crippen LogP contribution in [0, 0.1) is 5.92 Å². The van der Waals surface area contributed by atoms with E-state index in [0.717, 1.165) is 16.3 Å². The summed E-state index contributed by atoms with van der Waals surface area (Å²) < 4.78 is 38.9. The number of benzene rings is 1. The van der Waals surface area contributed by atoms with E-state index in [4.69, 9.17) is 5.73 Å². The molecule has 0 aliphatic rings. The monoisotopic (exact) mass is 390 g/mol. The Morgan fingerprint density at radius 1 is 1.23 bits per heavy atom. The second kappa shape index (κ2) is 9.05. The minimum absolute atomic E-state index is 0. The van der Waals surface area contributed by atoms with E-state index < -0.39 is 17.9 Å². The van der Waals surface area contributed by atoms with Gasteiger partial charge in [-0.05, 0) is 36.1 Å². The molecule has 0 saturated heterocycles. The molecule has 1 aromatic carbocycles. The molecule has 26 heavy (non-hydrogen) atoms. The summed E-state index contributed by atoms with van der Waals surface area (Å²) in [5, 5.41) is 6.26. The quantitative estimate of drug-likeness (QED) is 0.794. The molecule has 0 fully saturated rings. The molecule has 3 N–H and O–H groups in total. The largest absolute Gasteiger partial charge is 0.435 e. The Morgan fingerprint density at radius 2 is 1.85 bits per heavy atom. The van der Waals surface area contributed by atoms with E-state index in [0.29, 0.717) is 24.6 Å². The molecule has 1 heterocycles. The Balaban J connectivity index is 0.00000338. The van der Waals surface area contributed by atoms with Crippen LogP contribution in [0.4, 0.5) is 13.2 Å². The fourth-order valence-corrected chi connectivity index (χ4v) is 2.32. The molecule has 5 nitrogen and oxygen atoms in total. The third-order valence-corrected chi connectivity index (χ3v) is 3.61. The van der Waals surface area contributed by atoms with E-state index in [9.17, 15) is 18.0 Å². The molecular formula is C17H22ClF3N4O. The van der Waals surface area contributed by atoms with E-state index in [2.05, 4.69) is 10.4 Å². The second-order valence-electron chi connectivity index (χ2n) is 6.26. The standard InChI is InChI=1S/C17H21F3N4O.ClH/c1-11(2)9-14(21)16(25)22-10-12-3-5-13(6-4-12)24-8-7-15(23-24)17(18,19)20;/h3-8,11,14H,9-10,21H2,1-2H3,(H,22,25);1H/t14-;/m0./s1. The lowest BCUT2D eigenvalue weighted by Gasteiger charge is -2.14. The lowest BCUT2D eigenvalue weighted by Crippen LogP contribution is -2.41. The van der Waals surface area contributed by atoms with Gasteiger partial charge in [-0.1, -0.05) is 26.0 Å². The molecule has 0 saturated carbocycles. The van der Waals surface area contributed by atoms with Gasteiger partial charge < -0.3 is 11.1 Å². The molecule has 0 unspecified atom stereocenters. The van der Waals surface area contributed by atoms with E-state index in [1.165, 1.54) is 6.20 Å². The number of hydrogen-bond acceptors (Lipinski definition) is 3. The van der Waals surface area contributed by atoms with Gasteiger partial charge in [0, 0.05) is 12.7 Å². The van der Waals surface area contributed by atoms with Gasteiger partial charge in [0.25, 0.3) is 0 Å². The zero-order valence-electron chi connectivity index (χ0n) is 14.5. The molecule has 2 rings (SSSR count). The average Bonchev–Trinajstić information content (AvgIpc) is 3.02. The van der Waals surface area contributed by atoms with Crippen molar-refractivity contribution in [3.05, 3.63) is 47.8 Å². The van der Waals surface area contributed by atoms with E-state index in [1.54, 1.807) is 24.3 Å². The van der Waals surface area contributed by atoms with E-state index >= 15 is 0 Å². The van der Waals surface area contributed by atoms with Crippen LogP contribution in [0.2, 0.25) is 0 Å². The minimum atomic E-state index is -4.47. The van der Waals surface area contributed by atoms with Crippen molar-refractivity contribution >= 4 is 18.3 Å². The number of hydrogen-bond donors (Lipinski definition) is 2. The lowest BCUT2D eigenvalue weighted by molar-refractivity contribution is -0.141. The summed E-state index contributed by atoms with van der Waals surface area (Å²) in [6.07, 6.45) is -2.61. The first-order valence-corrected chi connectivity index (χ1v) is 7.92. The summed E-state index contributed by atoms with van der Waals surface area (Å²) in [5.74, 6) is 0.107. The Hall–Kier alpha value is -2.06. The van der Waals surface area contributed by atoms with Crippen molar-refractivity contribution in [3.8, 4) is 5.69 Å². The number of nitrogens with zero attached hydrogens (tertiary/aromatic N) is 2. The van der Waals surface area contributed by atoms with Crippen molar-refractivity contribution in [2.24, 2.45) is 11.7 Å². The van der Waals surface area contributed by atoms with Crippen molar-refractivity contribution < 1.29 is 18.0 Å². The van der Waals surface area contributed by atoms with Gasteiger partial charge in [0.05, 0.1) is 11.7 Å². The number of carbonyl (C=O) groups is 1. The maximum atomic E-state index is 12.6. The molecule has 2 aromatic rings. The summed E-state index contributed by atoms with van der Waals surface area (Å²) >= 11 is 0. The fraction of sp³-hybridized carbons (Fsp3) is 0.412. The van der Waals surface area contributed by atoms with Crippen LogP contribution >= 0.6 is 12.4 Å². The Labute approximate surface area is 156 Å². The first-order chi connectivity index (χ1) is 11.7. The number of amides is 1. The topological polar surface area (TPSA) is 72.9 Å². The summed E-state index contributed by atoms with van der Waals surface area (Å²) in [4.78, 5) is 11.9. The van der Waals surface area contributed by atoms with Gasteiger partial charge in [0.2, 0.25) is 5.91 Å². The minimum Gasteiger partial charge on any atom is -0.351 e. The Bertz CT molecular complexity index is 714. The predicted molar refractivity (Wildman–Crippen MR) is 95.1 cm³/mol. The molecule has 9 heteroatoms. The first kappa shape index (κ1) is 22.0. The maximum Gasteiger partial charge on any atom is 0.435 e.